The highest BCUT2D eigenvalue weighted by atomic mass is 16.5. The van der Waals surface area contributed by atoms with Gasteiger partial charge in [0.2, 0.25) is 0 Å². The third-order valence-electron chi connectivity index (χ3n) is 6.95. The summed E-state index contributed by atoms with van der Waals surface area (Å²) in [5.74, 6) is 0.891. The molecule has 5 nitrogen and oxygen atoms in total. The van der Waals surface area contributed by atoms with Crippen LogP contribution in [0.4, 0.5) is 0 Å². The lowest BCUT2D eigenvalue weighted by Gasteiger charge is -2.41. The van der Waals surface area contributed by atoms with Crippen LogP contribution in [0.2, 0.25) is 0 Å². The van der Waals surface area contributed by atoms with E-state index in [2.05, 4.69) is 24.4 Å². The monoisotopic (exact) mass is 460 g/mol. The van der Waals surface area contributed by atoms with E-state index >= 15 is 0 Å². The van der Waals surface area contributed by atoms with Gasteiger partial charge in [-0.1, -0.05) is 37.6 Å². The second-order valence-corrected chi connectivity index (χ2v) is 9.34. The molecule has 5 heteroatoms. The molecule has 0 aromatic heterocycles. The van der Waals surface area contributed by atoms with E-state index in [4.69, 9.17) is 4.74 Å². The average molecular weight is 461 g/mol. The van der Waals surface area contributed by atoms with Crippen LogP contribution in [0, 0.1) is 0 Å². The minimum Gasteiger partial charge on any atom is -0.483 e. The van der Waals surface area contributed by atoms with Crippen molar-refractivity contribution in [3.8, 4) is 0 Å². The molecule has 0 atom stereocenters. The molecular weight excluding hydrogens is 424 g/mol. The molecule has 1 amide bonds. The van der Waals surface area contributed by atoms with Gasteiger partial charge in [0.25, 0.3) is 5.91 Å². The molecule has 180 valence electrons. The smallest absolute Gasteiger partial charge is 0.253 e. The fourth-order valence-electron chi connectivity index (χ4n) is 4.98. The van der Waals surface area contributed by atoms with E-state index in [-0.39, 0.29) is 17.3 Å². The van der Waals surface area contributed by atoms with Gasteiger partial charge in [0.15, 0.2) is 5.78 Å². The highest BCUT2D eigenvalue weighted by molar-refractivity contribution is 6.03. The van der Waals surface area contributed by atoms with Gasteiger partial charge in [0, 0.05) is 42.6 Å². The quantitative estimate of drug-likeness (QED) is 0.607. The minimum atomic E-state index is -0.379. The lowest BCUT2D eigenvalue weighted by atomic mass is 9.80. The van der Waals surface area contributed by atoms with Crippen LogP contribution < -0.4 is 5.32 Å². The second-order valence-electron chi connectivity index (χ2n) is 9.34. The number of amides is 1. The van der Waals surface area contributed by atoms with E-state index in [1.165, 1.54) is 0 Å². The molecule has 0 unspecified atom stereocenters. The SMILES string of the molecule is CCCCN(CC)C(=O)c1ccc(C2=CC3(CCNCC3)OC3=CCC=CC(C(C)=O)=C32)cc1. The number of ether oxygens (including phenoxy) is 1. The molecule has 2 aliphatic heterocycles. The number of allylic oxidation sites excluding steroid dienone is 5. The number of rotatable bonds is 7. The predicted octanol–water partition coefficient (Wildman–Crippen LogP) is 5.21. The molecule has 4 rings (SSSR count). The van der Waals surface area contributed by atoms with E-state index in [9.17, 15) is 9.59 Å². The number of nitrogens with zero attached hydrogens (tertiary/aromatic N) is 1. The summed E-state index contributed by atoms with van der Waals surface area (Å²) in [6.07, 6.45) is 12.8. The van der Waals surface area contributed by atoms with Crippen molar-refractivity contribution >= 4 is 17.3 Å². The van der Waals surface area contributed by atoms with Gasteiger partial charge in [-0.05, 0) is 75.2 Å². The van der Waals surface area contributed by atoms with E-state index in [1.54, 1.807) is 6.92 Å². The summed E-state index contributed by atoms with van der Waals surface area (Å²) in [7, 11) is 0. The highest BCUT2D eigenvalue weighted by Gasteiger charge is 2.39. The molecule has 3 aliphatic rings. The average Bonchev–Trinajstić information content (AvgIpc) is 3.07. The fourth-order valence-corrected chi connectivity index (χ4v) is 4.98. The Morgan fingerprint density at radius 2 is 1.85 bits per heavy atom. The number of nitrogens with one attached hydrogen (secondary N) is 1. The van der Waals surface area contributed by atoms with E-state index < -0.39 is 0 Å². The third kappa shape index (κ3) is 4.95. The van der Waals surface area contributed by atoms with Crippen molar-refractivity contribution in [1.82, 2.24) is 10.2 Å². The first kappa shape index (κ1) is 24.2. The lowest BCUT2D eigenvalue weighted by molar-refractivity contribution is -0.113. The van der Waals surface area contributed by atoms with Crippen molar-refractivity contribution in [2.45, 2.75) is 58.5 Å². The Hall–Kier alpha value is -2.92. The van der Waals surface area contributed by atoms with Gasteiger partial charge in [-0.25, -0.2) is 0 Å². The third-order valence-corrected chi connectivity index (χ3v) is 6.95. The summed E-state index contributed by atoms with van der Waals surface area (Å²) < 4.78 is 6.61. The maximum Gasteiger partial charge on any atom is 0.253 e. The van der Waals surface area contributed by atoms with E-state index in [0.717, 1.165) is 74.2 Å². The second kappa shape index (κ2) is 10.6. The standard InChI is InChI=1S/C29H36N2O3/c1-4-6-19-31(5-2)28(33)23-13-11-22(12-14-23)25-20-29(15-17-30-18-16-29)34-26-10-8-7-9-24(21(3)32)27(25)26/h7,9-14,20,30H,4-6,8,15-19H2,1-3H3. The van der Waals surface area contributed by atoms with Crippen LogP contribution in [0.1, 0.15) is 68.8 Å². The summed E-state index contributed by atoms with van der Waals surface area (Å²) in [5.41, 5.74) is 3.88. The van der Waals surface area contributed by atoms with Crippen molar-refractivity contribution in [3.05, 3.63) is 76.6 Å². The number of hydrogen-bond donors (Lipinski definition) is 1. The highest BCUT2D eigenvalue weighted by Crippen LogP contribution is 2.45. The first-order valence-electron chi connectivity index (χ1n) is 12.6. The Morgan fingerprint density at radius 1 is 1.12 bits per heavy atom. The van der Waals surface area contributed by atoms with Crippen molar-refractivity contribution in [2.75, 3.05) is 26.2 Å². The van der Waals surface area contributed by atoms with Crippen LogP contribution in [0.3, 0.4) is 0 Å². The molecule has 1 fully saturated rings. The zero-order valence-electron chi connectivity index (χ0n) is 20.7. The van der Waals surface area contributed by atoms with Gasteiger partial charge in [0.05, 0.1) is 0 Å². The Bertz CT molecular complexity index is 1050. The van der Waals surface area contributed by atoms with Crippen molar-refractivity contribution in [2.24, 2.45) is 0 Å². The number of carbonyl (C=O) groups is 2. The molecule has 1 aromatic rings. The van der Waals surface area contributed by atoms with Crippen molar-refractivity contribution < 1.29 is 14.3 Å². The van der Waals surface area contributed by atoms with E-state index in [1.807, 2.05) is 48.2 Å². The van der Waals surface area contributed by atoms with Crippen LogP contribution in [-0.4, -0.2) is 48.4 Å². The maximum absolute atomic E-state index is 13.0. The zero-order chi connectivity index (χ0) is 24.1. The minimum absolute atomic E-state index is 0.0242. The molecule has 2 heterocycles. The first-order valence-corrected chi connectivity index (χ1v) is 12.6. The summed E-state index contributed by atoms with van der Waals surface area (Å²) in [4.78, 5) is 27.6. The molecule has 1 aromatic carbocycles. The van der Waals surface area contributed by atoms with Crippen LogP contribution in [0.5, 0.6) is 0 Å². The van der Waals surface area contributed by atoms with Gasteiger partial charge in [-0.15, -0.1) is 0 Å². The Kier molecular flexibility index (Phi) is 7.52. The molecule has 0 bridgehead atoms. The Balaban J connectivity index is 1.76. The Morgan fingerprint density at radius 3 is 2.50 bits per heavy atom. The number of hydrogen-bond acceptors (Lipinski definition) is 4. The summed E-state index contributed by atoms with van der Waals surface area (Å²) in [5, 5.41) is 3.42. The normalized spacial score (nSPS) is 19.0. The van der Waals surface area contributed by atoms with E-state index in [0.29, 0.717) is 17.7 Å². The van der Waals surface area contributed by atoms with Crippen LogP contribution in [-0.2, 0) is 9.53 Å². The number of unbranched alkanes of at least 4 members (excludes halogenated alkanes) is 1. The van der Waals surface area contributed by atoms with Gasteiger partial charge in [0.1, 0.15) is 11.4 Å². The number of carbonyl (C=O) groups excluding carboxylic acids is 2. The van der Waals surface area contributed by atoms with Crippen LogP contribution in [0.25, 0.3) is 5.57 Å². The van der Waals surface area contributed by atoms with Crippen molar-refractivity contribution in [3.63, 3.8) is 0 Å². The number of Topliss-reactive ketones (excluding diaryl/α,β-unsaturated/α-hetero) is 1. The van der Waals surface area contributed by atoms with Gasteiger partial charge >= 0.3 is 0 Å². The largest absolute Gasteiger partial charge is 0.483 e. The van der Waals surface area contributed by atoms with Crippen molar-refractivity contribution in [1.29, 1.82) is 0 Å². The van der Waals surface area contributed by atoms with Crippen LogP contribution >= 0.6 is 0 Å². The molecular formula is C29H36N2O3. The molecule has 1 aliphatic carbocycles. The molecule has 1 spiro atoms. The summed E-state index contributed by atoms with van der Waals surface area (Å²) in [6, 6.07) is 7.87. The summed E-state index contributed by atoms with van der Waals surface area (Å²) in [6.45, 7) is 9.05. The molecule has 0 saturated carbocycles. The number of ketones is 1. The van der Waals surface area contributed by atoms with Crippen LogP contribution in [0.15, 0.2) is 65.5 Å². The topological polar surface area (TPSA) is 58.6 Å². The molecule has 34 heavy (non-hydrogen) atoms. The number of benzene rings is 1. The first-order chi connectivity index (χ1) is 16.5. The predicted molar refractivity (Wildman–Crippen MR) is 136 cm³/mol. The fraction of sp³-hybridized carbons (Fsp3) is 0.448. The number of piperidine rings is 1. The number of fused-ring (bicyclic) bond motifs is 1. The zero-order valence-corrected chi connectivity index (χ0v) is 20.7. The summed E-state index contributed by atoms with van der Waals surface area (Å²) >= 11 is 0. The molecule has 1 saturated heterocycles. The maximum atomic E-state index is 13.0. The Labute approximate surface area is 203 Å². The lowest BCUT2D eigenvalue weighted by Crippen LogP contribution is -2.44. The van der Waals surface area contributed by atoms with Gasteiger partial charge in [-0.2, -0.15) is 0 Å². The van der Waals surface area contributed by atoms with Gasteiger partial charge < -0.3 is 15.0 Å². The molecule has 0 radical (unpaired) electrons. The van der Waals surface area contributed by atoms with Gasteiger partial charge in [-0.3, -0.25) is 9.59 Å². The molecule has 1 N–H and O–H groups in total.